The number of ether oxygens (including phenoxy) is 2. The minimum atomic E-state index is 0.0700. The number of aromatic nitrogens is 1. The van der Waals surface area contributed by atoms with E-state index in [4.69, 9.17) is 9.47 Å². The lowest BCUT2D eigenvalue weighted by Crippen LogP contribution is -2.39. The molecule has 0 atom stereocenters. The third kappa shape index (κ3) is 3.39. The molecule has 6 nitrogen and oxygen atoms in total. The maximum Gasteiger partial charge on any atom is 0.242 e. The Balaban J connectivity index is 1.68. The van der Waals surface area contributed by atoms with Gasteiger partial charge in [-0.15, -0.1) is 11.3 Å². The lowest BCUT2D eigenvalue weighted by atomic mass is 9.98. The zero-order valence-electron chi connectivity index (χ0n) is 13.2. The summed E-state index contributed by atoms with van der Waals surface area (Å²) in [4.78, 5) is 18.3. The van der Waals surface area contributed by atoms with Crippen LogP contribution >= 0.6 is 11.3 Å². The Hall–Kier alpha value is -2.28. The average molecular weight is 333 g/mol. The summed E-state index contributed by atoms with van der Waals surface area (Å²) >= 11 is 1.49. The average Bonchev–Trinajstić information content (AvgIpc) is 3.11. The van der Waals surface area contributed by atoms with Gasteiger partial charge in [-0.1, -0.05) is 0 Å². The summed E-state index contributed by atoms with van der Waals surface area (Å²) in [5.41, 5.74) is 2.32. The maximum absolute atomic E-state index is 12.4. The Morgan fingerprint density at radius 3 is 2.70 bits per heavy atom. The van der Waals surface area contributed by atoms with Crippen LogP contribution in [0.5, 0.6) is 11.5 Å². The molecule has 122 valence electrons. The summed E-state index contributed by atoms with van der Waals surface area (Å²) < 4.78 is 10.7. The van der Waals surface area contributed by atoms with Gasteiger partial charge in [0.05, 0.1) is 20.8 Å². The zero-order valence-corrected chi connectivity index (χ0v) is 14.0. The van der Waals surface area contributed by atoms with Gasteiger partial charge in [0.1, 0.15) is 0 Å². The molecule has 7 heteroatoms. The van der Waals surface area contributed by atoms with Crippen LogP contribution in [0.15, 0.2) is 23.7 Å². The molecule has 23 heavy (non-hydrogen) atoms. The van der Waals surface area contributed by atoms with E-state index >= 15 is 0 Å². The summed E-state index contributed by atoms with van der Waals surface area (Å²) in [6.45, 7) is 1.56. The van der Waals surface area contributed by atoms with E-state index in [0.717, 1.165) is 22.9 Å². The lowest BCUT2D eigenvalue weighted by Gasteiger charge is -2.29. The number of hydrogen-bond donors (Lipinski definition) is 1. The highest BCUT2D eigenvalue weighted by Crippen LogP contribution is 2.33. The molecule has 0 unspecified atom stereocenters. The first-order chi connectivity index (χ1) is 11.2. The van der Waals surface area contributed by atoms with Gasteiger partial charge < -0.3 is 19.7 Å². The molecule has 1 amide bonds. The largest absolute Gasteiger partial charge is 0.493 e. The normalized spacial score (nSPS) is 13.4. The molecule has 0 spiro atoms. The van der Waals surface area contributed by atoms with Crippen molar-refractivity contribution in [2.24, 2.45) is 0 Å². The van der Waals surface area contributed by atoms with E-state index in [1.807, 2.05) is 22.4 Å². The second kappa shape index (κ2) is 6.87. The molecule has 1 N–H and O–H groups in total. The van der Waals surface area contributed by atoms with Crippen molar-refractivity contribution in [1.82, 2.24) is 9.88 Å². The number of amides is 1. The van der Waals surface area contributed by atoms with Crippen LogP contribution in [-0.2, 0) is 17.8 Å². The number of fused-ring (bicyclic) bond motifs is 1. The maximum atomic E-state index is 12.4. The molecule has 1 aliphatic rings. The number of hydrogen-bond acceptors (Lipinski definition) is 6. The van der Waals surface area contributed by atoms with Crippen LogP contribution in [0, 0.1) is 0 Å². The molecule has 0 bridgehead atoms. The highest BCUT2D eigenvalue weighted by molar-refractivity contribution is 7.13. The summed E-state index contributed by atoms with van der Waals surface area (Å²) in [7, 11) is 3.25. The van der Waals surface area contributed by atoms with E-state index in [-0.39, 0.29) is 12.5 Å². The number of benzene rings is 1. The fraction of sp³-hybridized carbons (Fsp3) is 0.375. The standard InChI is InChI=1S/C16H19N3O3S/c1-21-13-7-11-3-5-19(10-12(11)8-14(13)22-2)15(20)9-18-16-17-4-6-23-16/h4,6-8H,3,5,9-10H2,1-2H3,(H,17,18). The summed E-state index contributed by atoms with van der Waals surface area (Å²) in [5, 5.41) is 5.70. The topological polar surface area (TPSA) is 63.7 Å². The number of rotatable bonds is 5. The van der Waals surface area contributed by atoms with Gasteiger partial charge >= 0.3 is 0 Å². The number of nitrogens with zero attached hydrogens (tertiary/aromatic N) is 2. The molecule has 0 saturated heterocycles. The van der Waals surface area contributed by atoms with Gasteiger partial charge in [0, 0.05) is 24.7 Å². The molecule has 0 fully saturated rings. The number of carbonyl (C=O) groups excluding carboxylic acids is 1. The zero-order chi connectivity index (χ0) is 16.2. The highest BCUT2D eigenvalue weighted by Gasteiger charge is 2.22. The number of thiazole rings is 1. The van der Waals surface area contributed by atoms with Crippen LogP contribution in [0.25, 0.3) is 0 Å². The van der Waals surface area contributed by atoms with E-state index < -0.39 is 0 Å². The molecule has 0 radical (unpaired) electrons. The van der Waals surface area contributed by atoms with Crippen molar-refractivity contribution < 1.29 is 14.3 Å². The van der Waals surface area contributed by atoms with Crippen LogP contribution < -0.4 is 14.8 Å². The quantitative estimate of drug-likeness (QED) is 0.908. The third-order valence-electron chi connectivity index (χ3n) is 3.89. The van der Waals surface area contributed by atoms with Crippen molar-refractivity contribution in [3.8, 4) is 11.5 Å². The van der Waals surface area contributed by atoms with Crippen LogP contribution in [0.4, 0.5) is 5.13 Å². The second-order valence-electron chi connectivity index (χ2n) is 5.23. The van der Waals surface area contributed by atoms with Gasteiger partial charge in [-0.05, 0) is 29.7 Å². The molecule has 2 heterocycles. The number of carbonyl (C=O) groups is 1. The van der Waals surface area contributed by atoms with Gasteiger partial charge in [0.15, 0.2) is 16.6 Å². The second-order valence-corrected chi connectivity index (χ2v) is 6.13. The predicted octanol–water partition coefficient (Wildman–Crippen LogP) is 2.16. The van der Waals surface area contributed by atoms with Gasteiger partial charge in [0.2, 0.25) is 5.91 Å². The molecule has 1 aromatic heterocycles. The van der Waals surface area contributed by atoms with Gasteiger partial charge in [0.25, 0.3) is 0 Å². The van der Waals surface area contributed by atoms with Crippen molar-refractivity contribution in [3.63, 3.8) is 0 Å². The summed E-state index contributed by atoms with van der Waals surface area (Å²) in [6.07, 6.45) is 2.53. The van der Waals surface area contributed by atoms with Gasteiger partial charge in [-0.3, -0.25) is 4.79 Å². The van der Waals surface area contributed by atoms with Crippen molar-refractivity contribution in [2.45, 2.75) is 13.0 Å². The third-order valence-corrected chi connectivity index (χ3v) is 4.62. The molecular weight excluding hydrogens is 314 g/mol. The summed E-state index contributed by atoms with van der Waals surface area (Å²) in [5.74, 6) is 1.50. The van der Waals surface area contributed by atoms with E-state index in [9.17, 15) is 4.79 Å². The van der Waals surface area contributed by atoms with Gasteiger partial charge in [-0.25, -0.2) is 4.98 Å². The molecule has 1 aliphatic heterocycles. The van der Waals surface area contributed by atoms with Crippen LogP contribution in [0.3, 0.4) is 0 Å². The van der Waals surface area contributed by atoms with E-state index in [2.05, 4.69) is 10.3 Å². The van der Waals surface area contributed by atoms with Crippen molar-refractivity contribution in [2.75, 3.05) is 32.6 Å². The smallest absolute Gasteiger partial charge is 0.242 e. The summed E-state index contributed by atoms with van der Waals surface area (Å²) in [6, 6.07) is 3.96. The van der Waals surface area contributed by atoms with Crippen molar-refractivity contribution in [1.29, 1.82) is 0 Å². The first-order valence-electron chi connectivity index (χ1n) is 7.36. The lowest BCUT2D eigenvalue weighted by molar-refractivity contribution is -0.130. The first-order valence-corrected chi connectivity index (χ1v) is 8.24. The Morgan fingerprint density at radius 1 is 1.30 bits per heavy atom. The van der Waals surface area contributed by atoms with Crippen LogP contribution in [-0.4, -0.2) is 43.1 Å². The number of methoxy groups -OCH3 is 2. The Kier molecular flexibility index (Phi) is 4.66. The molecule has 0 saturated carbocycles. The predicted molar refractivity (Wildman–Crippen MR) is 89.3 cm³/mol. The number of anilines is 1. The molecular formula is C16H19N3O3S. The van der Waals surface area contributed by atoms with Crippen LogP contribution in [0.2, 0.25) is 0 Å². The fourth-order valence-corrected chi connectivity index (χ4v) is 3.20. The monoisotopic (exact) mass is 333 g/mol. The van der Waals surface area contributed by atoms with E-state index in [0.29, 0.717) is 18.8 Å². The van der Waals surface area contributed by atoms with Crippen molar-refractivity contribution >= 4 is 22.4 Å². The Labute approximate surface area is 139 Å². The molecule has 3 rings (SSSR count). The fourth-order valence-electron chi connectivity index (χ4n) is 2.67. The SMILES string of the molecule is COc1cc2c(cc1OC)CN(C(=O)CNc1nccs1)CC2. The highest BCUT2D eigenvalue weighted by atomic mass is 32.1. The first kappa shape index (κ1) is 15.6. The van der Waals surface area contributed by atoms with Crippen molar-refractivity contribution in [3.05, 3.63) is 34.8 Å². The van der Waals surface area contributed by atoms with Gasteiger partial charge in [-0.2, -0.15) is 0 Å². The van der Waals surface area contributed by atoms with E-state index in [1.165, 1.54) is 16.9 Å². The Bertz CT molecular complexity index is 688. The molecule has 1 aromatic carbocycles. The Morgan fingerprint density at radius 2 is 2.04 bits per heavy atom. The molecule has 0 aliphatic carbocycles. The van der Waals surface area contributed by atoms with E-state index in [1.54, 1.807) is 20.4 Å². The van der Waals surface area contributed by atoms with Crippen LogP contribution in [0.1, 0.15) is 11.1 Å². The minimum absolute atomic E-state index is 0.0700. The number of nitrogens with one attached hydrogen (secondary N) is 1. The molecule has 2 aromatic rings. The minimum Gasteiger partial charge on any atom is -0.493 e.